The van der Waals surface area contributed by atoms with Crippen molar-refractivity contribution in [2.24, 2.45) is 0 Å². The highest BCUT2D eigenvalue weighted by molar-refractivity contribution is 6.00. The van der Waals surface area contributed by atoms with Gasteiger partial charge in [0.15, 0.2) is 0 Å². The van der Waals surface area contributed by atoms with Gasteiger partial charge in [0.25, 0.3) is 5.91 Å². The Balaban J connectivity index is 1.66. The molecule has 6 nitrogen and oxygen atoms in total. The fourth-order valence-corrected chi connectivity index (χ4v) is 3.84. The highest BCUT2D eigenvalue weighted by atomic mass is 16.3. The SMILES string of the molecule is CCc1ccc(-c2nn(-c3ccccc3)cc2C(=O)N2CCN(CCO)CC2)cc1. The largest absolute Gasteiger partial charge is 0.395 e. The van der Waals surface area contributed by atoms with E-state index in [0.29, 0.717) is 30.9 Å². The summed E-state index contributed by atoms with van der Waals surface area (Å²) in [4.78, 5) is 17.5. The summed E-state index contributed by atoms with van der Waals surface area (Å²) in [6.45, 7) is 5.80. The second kappa shape index (κ2) is 9.24. The van der Waals surface area contributed by atoms with E-state index in [4.69, 9.17) is 10.2 Å². The molecule has 2 heterocycles. The van der Waals surface area contributed by atoms with Gasteiger partial charge in [0, 0.05) is 44.5 Å². The number of rotatable bonds is 6. The summed E-state index contributed by atoms with van der Waals surface area (Å²) in [5.74, 6) is 0.00963. The van der Waals surface area contributed by atoms with E-state index in [9.17, 15) is 4.79 Å². The number of nitrogens with zero attached hydrogens (tertiary/aromatic N) is 4. The fourth-order valence-electron chi connectivity index (χ4n) is 3.84. The summed E-state index contributed by atoms with van der Waals surface area (Å²) < 4.78 is 1.79. The average Bonchev–Trinajstić information content (AvgIpc) is 3.25. The number of amides is 1. The summed E-state index contributed by atoms with van der Waals surface area (Å²) >= 11 is 0. The van der Waals surface area contributed by atoms with Gasteiger partial charge in [0.2, 0.25) is 0 Å². The number of piperazine rings is 1. The summed E-state index contributed by atoms with van der Waals surface area (Å²) in [5, 5.41) is 13.9. The number of aliphatic hydroxyl groups is 1. The lowest BCUT2D eigenvalue weighted by Gasteiger charge is -2.34. The van der Waals surface area contributed by atoms with Crippen LogP contribution in [-0.4, -0.2) is 69.9 Å². The van der Waals surface area contributed by atoms with E-state index in [1.54, 1.807) is 4.68 Å². The molecule has 1 aromatic heterocycles. The number of benzene rings is 2. The van der Waals surface area contributed by atoms with Crippen molar-refractivity contribution in [1.82, 2.24) is 19.6 Å². The van der Waals surface area contributed by atoms with Crippen molar-refractivity contribution >= 4 is 5.91 Å². The molecule has 1 saturated heterocycles. The first-order valence-corrected chi connectivity index (χ1v) is 10.6. The summed E-state index contributed by atoms with van der Waals surface area (Å²) in [5.41, 5.74) is 4.47. The van der Waals surface area contributed by atoms with Crippen molar-refractivity contribution in [2.45, 2.75) is 13.3 Å². The second-order valence-corrected chi connectivity index (χ2v) is 7.58. The van der Waals surface area contributed by atoms with Crippen LogP contribution in [0.3, 0.4) is 0 Å². The van der Waals surface area contributed by atoms with Crippen molar-refractivity contribution < 1.29 is 9.90 Å². The molecule has 4 rings (SSSR count). The van der Waals surface area contributed by atoms with Gasteiger partial charge in [0.05, 0.1) is 17.9 Å². The molecule has 6 heteroatoms. The van der Waals surface area contributed by atoms with Crippen LogP contribution < -0.4 is 0 Å². The van der Waals surface area contributed by atoms with Crippen LogP contribution in [-0.2, 0) is 6.42 Å². The van der Waals surface area contributed by atoms with Gasteiger partial charge in [-0.25, -0.2) is 4.68 Å². The van der Waals surface area contributed by atoms with Crippen LogP contribution in [0.1, 0.15) is 22.8 Å². The molecular weight excluding hydrogens is 376 g/mol. The van der Waals surface area contributed by atoms with Crippen LogP contribution in [0.2, 0.25) is 0 Å². The lowest BCUT2D eigenvalue weighted by molar-refractivity contribution is 0.0615. The normalized spacial score (nSPS) is 14.8. The zero-order chi connectivity index (χ0) is 20.9. The number of aliphatic hydroxyl groups excluding tert-OH is 1. The zero-order valence-corrected chi connectivity index (χ0v) is 17.4. The van der Waals surface area contributed by atoms with Gasteiger partial charge in [-0.1, -0.05) is 49.4 Å². The fraction of sp³-hybridized carbons (Fsp3) is 0.333. The number of para-hydroxylation sites is 1. The number of aryl methyl sites for hydroxylation is 1. The number of aromatic nitrogens is 2. The van der Waals surface area contributed by atoms with E-state index in [1.165, 1.54) is 5.56 Å². The van der Waals surface area contributed by atoms with E-state index in [2.05, 4.69) is 24.0 Å². The summed E-state index contributed by atoms with van der Waals surface area (Å²) in [6, 6.07) is 18.2. The number of carbonyl (C=O) groups is 1. The molecule has 1 N–H and O–H groups in total. The van der Waals surface area contributed by atoms with Gasteiger partial charge in [-0.3, -0.25) is 9.69 Å². The van der Waals surface area contributed by atoms with Crippen molar-refractivity contribution in [1.29, 1.82) is 0 Å². The highest BCUT2D eigenvalue weighted by Crippen LogP contribution is 2.26. The predicted octanol–water partition coefficient (Wildman–Crippen LogP) is 2.85. The van der Waals surface area contributed by atoms with E-state index < -0.39 is 0 Å². The third-order valence-corrected chi connectivity index (χ3v) is 5.68. The Morgan fingerprint density at radius 2 is 1.70 bits per heavy atom. The van der Waals surface area contributed by atoms with Gasteiger partial charge in [-0.05, 0) is 24.1 Å². The Morgan fingerprint density at radius 3 is 2.33 bits per heavy atom. The molecule has 0 bridgehead atoms. The summed E-state index contributed by atoms with van der Waals surface area (Å²) in [6.07, 6.45) is 2.82. The standard InChI is InChI=1S/C24H28N4O2/c1-2-19-8-10-20(11-9-19)23-22(18-28(25-23)21-6-4-3-5-7-21)24(30)27-14-12-26(13-15-27)16-17-29/h3-11,18,29H,2,12-17H2,1H3. The molecule has 0 spiro atoms. The zero-order valence-electron chi connectivity index (χ0n) is 17.4. The topological polar surface area (TPSA) is 61.6 Å². The first kappa shape index (κ1) is 20.3. The van der Waals surface area contributed by atoms with Crippen LogP contribution in [0, 0.1) is 0 Å². The summed E-state index contributed by atoms with van der Waals surface area (Å²) in [7, 11) is 0. The Labute approximate surface area is 177 Å². The minimum Gasteiger partial charge on any atom is -0.395 e. The van der Waals surface area contributed by atoms with E-state index in [-0.39, 0.29) is 12.5 Å². The number of carbonyl (C=O) groups excluding carboxylic acids is 1. The minimum atomic E-state index is 0.00963. The molecule has 30 heavy (non-hydrogen) atoms. The predicted molar refractivity (Wildman–Crippen MR) is 118 cm³/mol. The first-order chi connectivity index (χ1) is 14.7. The van der Waals surface area contributed by atoms with Gasteiger partial charge < -0.3 is 10.0 Å². The van der Waals surface area contributed by atoms with Crippen molar-refractivity contribution in [3.8, 4) is 16.9 Å². The molecule has 1 fully saturated rings. The maximum absolute atomic E-state index is 13.4. The van der Waals surface area contributed by atoms with Crippen LogP contribution in [0.4, 0.5) is 0 Å². The molecule has 0 unspecified atom stereocenters. The molecule has 1 aliphatic rings. The number of hydrogen-bond acceptors (Lipinski definition) is 4. The molecule has 2 aromatic carbocycles. The van der Waals surface area contributed by atoms with E-state index in [1.807, 2.05) is 53.6 Å². The van der Waals surface area contributed by atoms with Crippen LogP contribution in [0.15, 0.2) is 60.8 Å². The lowest BCUT2D eigenvalue weighted by Crippen LogP contribution is -2.49. The third-order valence-electron chi connectivity index (χ3n) is 5.68. The van der Waals surface area contributed by atoms with Crippen molar-refractivity contribution in [2.75, 3.05) is 39.3 Å². The van der Waals surface area contributed by atoms with Crippen molar-refractivity contribution in [3.05, 3.63) is 71.9 Å². The van der Waals surface area contributed by atoms with Gasteiger partial charge in [-0.2, -0.15) is 5.10 Å². The van der Waals surface area contributed by atoms with Crippen LogP contribution in [0.25, 0.3) is 16.9 Å². The molecule has 0 aliphatic carbocycles. The van der Waals surface area contributed by atoms with Gasteiger partial charge in [0.1, 0.15) is 5.69 Å². The Bertz CT molecular complexity index is 974. The highest BCUT2D eigenvalue weighted by Gasteiger charge is 2.26. The second-order valence-electron chi connectivity index (χ2n) is 7.58. The van der Waals surface area contributed by atoms with Crippen LogP contribution >= 0.6 is 0 Å². The average molecular weight is 405 g/mol. The van der Waals surface area contributed by atoms with E-state index in [0.717, 1.165) is 30.8 Å². The van der Waals surface area contributed by atoms with Crippen molar-refractivity contribution in [3.63, 3.8) is 0 Å². The maximum Gasteiger partial charge on any atom is 0.257 e. The number of β-amino-alcohol motifs (C(OH)–C–C–N with tert-alkyl or cyclic N) is 1. The molecule has 0 atom stereocenters. The molecular formula is C24H28N4O2. The van der Waals surface area contributed by atoms with Crippen LogP contribution in [0.5, 0.6) is 0 Å². The van der Waals surface area contributed by atoms with Gasteiger partial charge in [-0.15, -0.1) is 0 Å². The first-order valence-electron chi connectivity index (χ1n) is 10.6. The monoisotopic (exact) mass is 404 g/mol. The molecule has 1 amide bonds. The molecule has 3 aromatic rings. The molecule has 1 aliphatic heterocycles. The maximum atomic E-state index is 13.4. The molecule has 0 radical (unpaired) electrons. The lowest BCUT2D eigenvalue weighted by atomic mass is 10.0. The quantitative estimate of drug-likeness (QED) is 0.686. The van der Waals surface area contributed by atoms with Gasteiger partial charge >= 0.3 is 0 Å². The third kappa shape index (κ3) is 4.30. The molecule has 156 valence electrons. The number of hydrogen-bond donors (Lipinski definition) is 1. The minimum absolute atomic E-state index is 0.00963. The Kier molecular flexibility index (Phi) is 6.26. The Hall–Kier alpha value is -2.96. The Morgan fingerprint density at radius 1 is 1.00 bits per heavy atom. The van der Waals surface area contributed by atoms with E-state index >= 15 is 0 Å². The smallest absolute Gasteiger partial charge is 0.257 e. The molecule has 0 saturated carbocycles.